The van der Waals surface area contributed by atoms with Crippen LogP contribution in [0.3, 0.4) is 0 Å². The molecule has 0 aliphatic carbocycles. The molecule has 0 atom stereocenters. The second kappa shape index (κ2) is 9.91. The third-order valence-electron chi connectivity index (χ3n) is 3.68. The van der Waals surface area contributed by atoms with Crippen LogP contribution in [0.4, 0.5) is 11.4 Å². The molecule has 0 spiro atoms. The van der Waals surface area contributed by atoms with Crippen molar-refractivity contribution >= 4 is 23.2 Å². The fourth-order valence-electron chi connectivity index (χ4n) is 2.26. The third kappa shape index (κ3) is 6.10. The van der Waals surface area contributed by atoms with E-state index < -0.39 is 10.8 Å². The first kappa shape index (κ1) is 19.9. The molecular weight excluding hydrogens is 350 g/mol. The first-order valence-electron chi connectivity index (χ1n) is 8.55. The number of nitrogens with zero attached hydrogens (tertiary/aromatic N) is 1. The van der Waals surface area contributed by atoms with E-state index >= 15 is 0 Å². The van der Waals surface area contributed by atoms with E-state index in [0.717, 1.165) is 12.8 Å². The van der Waals surface area contributed by atoms with Crippen LogP contribution in [0.15, 0.2) is 48.5 Å². The summed E-state index contributed by atoms with van der Waals surface area (Å²) in [6.45, 7) is 2.32. The summed E-state index contributed by atoms with van der Waals surface area (Å²) < 4.78 is 5.32. The molecule has 2 rings (SSSR count). The molecule has 142 valence electrons. The number of nitro benzene ring substituents is 1. The van der Waals surface area contributed by atoms with Crippen molar-refractivity contribution in [3.8, 4) is 5.75 Å². The Morgan fingerprint density at radius 3 is 2.48 bits per heavy atom. The SMILES string of the molecule is CCCCNC(=O)c1ccccc1NC(=O)COc1ccc([N+](=O)[O-])cc1. The van der Waals surface area contributed by atoms with Crippen molar-refractivity contribution in [2.24, 2.45) is 0 Å². The molecule has 8 heteroatoms. The summed E-state index contributed by atoms with van der Waals surface area (Å²) in [6, 6.07) is 12.1. The Morgan fingerprint density at radius 2 is 1.81 bits per heavy atom. The first-order valence-corrected chi connectivity index (χ1v) is 8.55. The number of nitro groups is 1. The maximum Gasteiger partial charge on any atom is 0.269 e. The maximum atomic E-state index is 12.2. The van der Waals surface area contributed by atoms with Gasteiger partial charge in [0.1, 0.15) is 5.75 Å². The van der Waals surface area contributed by atoms with Gasteiger partial charge in [-0.3, -0.25) is 19.7 Å². The predicted molar refractivity (Wildman–Crippen MR) is 101 cm³/mol. The number of nitrogens with one attached hydrogen (secondary N) is 2. The van der Waals surface area contributed by atoms with Crippen molar-refractivity contribution in [1.29, 1.82) is 0 Å². The lowest BCUT2D eigenvalue weighted by Gasteiger charge is -2.12. The first-order chi connectivity index (χ1) is 13.0. The number of rotatable bonds is 9. The molecule has 0 aromatic heterocycles. The summed E-state index contributed by atoms with van der Waals surface area (Å²) in [4.78, 5) is 34.5. The Kier molecular flexibility index (Phi) is 7.30. The topological polar surface area (TPSA) is 111 Å². The fraction of sp³-hybridized carbons (Fsp3) is 0.263. The second-order valence-corrected chi connectivity index (χ2v) is 5.74. The summed E-state index contributed by atoms with van der Waals surface area (Å²) in [6.07, 6.45) is 1.85. The van der Waals surface area contributed by atoms with Gasteiger partial charge in [0.05, 0.1) is 16.2 Å². The highest BCUT2D eigenvalue weighted by Crippen LogP contribution is 2.18. The molecule has 0 heterocycles. The van der Waals surface area contributed by atoms with Crippen LogP contribution in [-0.2, 0) is 4.79 Å². The predicted octanol–water partition coefficient (Wildman–Crippen LogP) is 3.14. The number of benzene rings is 2. The van der Waals surface area contributed by atoms with Crippen molar-refractivity contribution in [3.05, 3.63) is 64.2 Å². The van der Waals surface area contributed by atoms with E-state index in [1.165, 1.54) is 24.3 Å². The average Bonchev–Trinajstić information content (AvgIpc) is 2.67. The highest BCUT2D eigenvalue weighted by Gasteiger charge is 2.13. The van der Waals surface area contributed by atoms with E-state index in [-0.39, 0.29) is 18.2 Å². The molecule has 0 bridgehead atoms. The zero-order valence-corrected chi connectivity index (χ0v) is 14.9. The number of carbonyl (C=O) groups excluding carboxylic acids is 2. The van der Waals surface area contributed by atoms with Crippen LogP contribution in [0.1, 0.15) is 30.1 Å². The molecule has 27 heavy (non-hydrogen) atoms. The Bertz CT molecular complexity index is 805. The molecule has 0 saturated carbocycles. The molecule has 0 radical (unpaired) electrons. The molecule has 0 fully saturated rings. The normalized spacial score (nSPS) is 10.1. The van der Waals surface area contributed by atoms with E-state index in [9.17, 15) is 19.7 Å². The smallest absolute Gasteiger partial charge is 0.269 e. The van der Waals surface area contributed by atoms with Crippen molar-refractivity contribution in [2.75, 3.05) is 18.5 Å². The summed E-state index contributed by atoms with van der Waals surface area (Å²) in [5, 5.41) is 16.1. The molecule has 0 saturated heterocycles. The van der Waals surface area contributed by atoms with Gasteiger partial charge in [0.25, 0.3) is 17.5 Å². The van der Waals surface area contributed by atoms with Gasteiger partial charge in [0.15, 0.2) is 6.61 Å². The van der Waals surface area contributed by atoms with Crippen LogP contribution in [0.5, 0.6) is 5.75 Å². The maximum absolute atomic E-state index is 12.2. The monoisotopic (exact) mass is 371 g/mol. The lowest BCUT2D eigenvalue weighted by Crippen LogP contribution is -2.27. The number of ether oxygens (including phenoxy) is 1. The van der Waals surface area contributed by atoms with Crippen LogP contribution in [0.2, 0.25) is 0 Å². The minimum atomic E-state index is -0.515. The molecule has 0 aliphatic rings. The number of hydrogen-bond acceptors (Lipinski definition) is 5. The second-order valence-electron chi connectivity index (χ2n) is 5.74. The summed E-state index contributed by atoms with van der Waals surface area (Å²) >= 11 is 0. The number of anilines is 1. The highest BCUT2D eigenvalue weighted by atomic mass is 16.6. The highest BCUT2D eigenvalue weighted by molar-refractivity contribution is 6.04. The van der Waals surface area contributed by atoms with E-state index in [1.54, 1.807) is 24.3 Å². The Balaban J connectivity index is 1.93. The largest absolute Gasteiger partial charge is 0.484 e. The number of amides is 2. The Labute approximate surface area is 156 Å². The van der Waals surface area contributed by atoms with Crippen LogP contribution < -0.4 is 15.4 Å². The quantitative estimate of drug-likeness (QED) is 0.400. The minimum Gasteiger partial charge on any atom is -0.484 e. The van der Waals surface area contributed by atoms with Crippen molar-refractivity contribution < 1.29 is 19.2 Å². The molecule has 2 aromatic carbocycles. The zero-order valence-electron chi connectivity index (χ0n) is 14.9. The molecule has 2 aromatic rings. The van der Waals surface area contributed by atoms with Gasteiger partial charge in [-0.15, -0.1) is 0 Å². The molecule has 0 aliphatic heterocycles. The number of unbranched alkanes of at least 4 members (excludes halogenated alkanes) is 1. The van der Waals surface area contributed by atoms with E-state index in [2.05, 4.69) is 10.6 Å². The number of hydrogen-bond donors (Lipinski definition) is 2. The minimum absolute atomic E-state index is 0.0604. The van der Waals surface area contributed by atoms with E-state index in [0.29, 0.717) is 23.5 Å². The molecule has 2 amide bonds. The van der Waals surface area contributed by atoms with Gasteiger partial charge in [-0.2, -0.15) is 0 Å². The Morgan fingerprint density at radius 1 is 1.11 bits per heavy atom. The van der Waals surface area contributed by atoms with Gasteiger partial charge < -0.3 is 15.4 Å². The van der Waals surface area contributed by atoms with Crippen molar-refractivity contribution in [2.45, 2.75) is 19.8 Å². The van der Waals surface area contributed by atoms with Crippen LogP contribution in [0, 0.1) is 10.1 Å². The molecule has 0 unspecified atom stereocenters. The summed E-state index contributed by atoms with van der Waals surface area (Å²) in [5.41, 5.74) is 0.705. The summed E-state index contributed by atoms with van der Waals surface area (Å²) in [5.74, 6) is -0.362. The summed E-state index contributed by atoms with van der Waals surface area (Å²) in [7, 11) is 0. The lowest BCUT2D eigenvalue weighted by molar-refractivity contribution is -0.384. The zero-order chi connectivity index (χ0) is 19.6. The molecular formula is C19H21N3O5. The molecule has 8 nitrogen and oxygen atoms in total. The third-order valence-corrected chi connectivity index (χ3v) is 3.68. The number of non-ortho nitro benzene ring substituents is 1. The Hall–Kier alpha value is -3.42. The lowest BCUT2D eigenvalue weighted by atomic mass is 10.1. The standard InChI is InChI=1S/C19H21N3O5/c1-2-3-12-20-19(24)16-6-4-5-7-17(16)21-18(23)13-27-15-10-8-14(9-11-15)22(25)26/h4-11H,2-3,12-13H2,1H3,(H,20,24)(H,21,23). The van der Waals surface area contributed by atoms with Crippen molar-refractivity contribution in [1.82, 2.24) is 5.32 Å². The average molecular weight is 371 g/mol. The van der Waals surface area contributed by atoms with Gasteiger partial charge in [-0.05, 0) is 30.7 Å². The van der Waals surface area contributed by atoms with Gasteiger partial charge >= 0.3 is 0 Å². The number of carbonyl (C=O) groups is 2. The van der Waals surface area contributed by atoms with Crippen LogP contribution >= 0.6 is 0 Å². The van der Waals surface area contributed by atoms with Gasteiger partial charge in [-0.25, -0.2) is 0 Å². The van der Waals surface area contributed by atoms with Gasteiger partial charge in [-0.1, -0.05) is 25.5 Å². The van der Waals surface area contributed by atoms with E-state index in [1.807, 2.05) is 6.92 Å². The van der Waals surface area contributed by atoms with Crippen molar-refractivity contribution in [3.63, 3.8) is 0 Å². The fourth-order valence-corrected chi connectivity index (χ4v) is 2.26. The van der Waals surface area contributed by atoms with Crippen LogP contribution in [-0.4, -0.2) is 29.9 Å². The van der Waals surface area contributed by atoms with E-state index in [4.69, 9.17) is 4.74 Å². The van der Waals surface area contributed by atoms with Gasteiger partial charge in [0.2, 0.25) is 0 Å². The van der Waals surface area contributed by atoms with Crippen LogP contribution in [0.25, 0.3) is 0 Å². The van der Waals surface area contributed by atoms with Gasteiger partial charge in [0, 0.05) is 18.7 Å². The molecule has 2 N–H and O–H groups in total. The number of para-hydroxylation sites is 1.